The standard InChI is InChI=1S/C24H32ClFO2/c1-15-10-16(2)12-18(11-15)7-5-9-28-23-14-22(26)20(13-21(23)25)24(27)19-8-4-6-17(19)3/h13-14,16-19H,1,4-12H2,2-3H3/t16?,17-,18?,19+/m1/s1. The van der Waals surface area contributed by atoms with Crippen LogP contribution in [0.3, 0.4) is 0 Å². The molecule has 0 aromatic heterocycles. The first-order chi connectivity index (χ1) is 13.3. The van der Waals surface area contributed by atoms with Gasteiger partial charge in [0, 0.05) is 12.0 Å². The van der Waals surface area contributed by atoms with Crippen LogP contribution in [0.15, 0.2) is 24.3 Å². The van der Waals surface area contributed by atoms with E-state index < -0.39 is 5.82 Å². The van der Waals surface area contributed by atoms with Crippen LogP contribution in [-0.2, 0) is 0 Å². The maximum atomic E-state index is 14.6. The van der Waals surface area contributed by atoms with E-state index in [-0.39, 0.29) is 17.3 Å². The van der Waals surface area contributed by atoms with Gasteiger partial charge in [-0.05, 0) is 68.8 Å². The highest BCUT2D eigenvalue weighted by Crippen LogP contribution is 2.37. The monoisotopic (exact) mass is 406 g/mol. The van der Waals surface area contributed by atoms with Gasteiger partial charge in [0.25, 0.3) is 0 Å². The Balaban J connectivity index is 1.54. The van der Waals surface area contributed by atoms with E-state index in [0.717, 1.165) is 44.9 Å². The molecule has 0 N–H and O–H groups in total. The van der Waals surface area contributed by atoms with Crippen molar-refractivity contribution in [2.24, 2.45) is 23.7 Å². The number of benzene rings is 1. The fraction of sp³-hybridized carbons (Fsp3) is 0.625. The third-order valence-electron chi connectivity index (χ3n) is 6.45. The third-order valence-corrected chi connectivity index (χ3v) is 6.75. The molecule has 154 valence electrons. The Labute approximate surface area is 173 Å². The Morgan fingerprint density at radius 2 is 2.07 bits per heavy atom. The zero-order valence-corrected chi connectivity index (χ0v) is 17.9. The number of carbonyl (C=O) groups excluding carboxylic acids is 1. The Bertz CT molecular complexity index is 730. The van der Waals surface area contributed by atoms with Crippen LogP contribution in [0.4, 0.5) is 4.39 Å². The maximum absolute atomic E-state index is 14.6. The number of halogens is 2. The van der Waals surface area contributed by atoms with Gasteiger partial charge in [-0.25, -0.2) is 4.39 Å². The van der Waals surface area contributed by atoms with E-state index in [2.05, 4.69) is 20.4 Å². The average molecular weight is 407 g/mol. The molecule has 3 rings (SSSR count). The number of allylic oxidation sites excluding steroid dienone is 1. The Kier molecular flexibility index (Phi) is 7.20. The van der Waals surface area contributed by atoms with Crippen molar-refractivity contribution in [1.82, 2.24) is 0 Å². The minimum absolute atomic E-state index is 0.0926. The van der Waals surface area contributed by atoms with Crippen LogP contribution in [0.25, 0.3) is 0 Å². The molecule has 1 aromatic rings. The number of ketones is 1. The Morgan fingerprint density at radius 3 is 2.75 bits per heavy atom. The molecule has 2 saturated carbocycles. The predicted octanol–water partition coefficient (Wildman–Crippen LogP) is 7.25. The lowest BCUT2D eigenvalue weighted by atomic mass is 9.78. The lowest BCUT2D eigenvalue weighted by molar-refractivity contribution is 0.0893. The lowest BCUT2D eigenvalue weighted by Crippen LogP contribution is -2.18. The second-order valence-corrected chi connectivity index (χ2v) is 9.40. The van der Waals surface area contributed by atoms with Crippen LogP contribution in [0.5, 0.6) is 5.75 Å². The van der Waals surface area contributed by atoms with Gasteiger partial charge < -0.3 is 4.74 Å². The maximum Gasteiger partial charge on any atom is 0.169 e. The second kappa shape index (κ2) is 9.43. The van der Waals surface area contributed by atoms with E-state index in [1.807, 2.05) is 0 Å². The summed E-state index contributed by atoms with van der Waals surface area (Å²) in [6, 6.07) is 2.73. The summed E-state index contributed by atoms with van der Waals surface area (Å²) >= 11 is 6.30. The molecule has 0 aliphatic heterocycles. The van der Waals surface area contributed by atoms with Gasteiger partial charge in [-0.2, -0.15) is 0 Å². The van der Waals surface area contributed by atoms with Crippen molar-refractivity contribution in [3.05, 3.63) is 40.7 Å². The molecule has 0 amide bonds. The first-order valence-corrected chi connectivity index (χ1v) is 11.1. The predicted molar refractivity (Wildman–Crippen MR) is 113 cm³/mol. The van der Waals surface area contributed by atoms with E-state index in [4.69, 9.17) is 16.3 Å². The first kappa shape index (κ1) is 21.4. The molecular weight excluding hydrogens is 375 g/mol. The van der Waals surface area contributed by atoms with Crippen molar-refractivity contribution in [2.75, 3.05) is 6.61 Å². The van der Waals surface area contributed by atoms with Crippen LogP contribution < -0.4 is 4.74 Å². The number of ether oxygens (including phenoxy) is 1. The molecule has 2 fully saturated rings. The minimum atomic E-state index is -0.527. The highest BCUT2D eigenvalue weighted by atomic mass is 35.5. The molecule has 4 atom stereocenters. The smallest absolute Gasteiger partial charge is 0.169 e. The van der Waals surface area contributed by atoms with E-state index in [0.29, 0.717) is 35.1 Å². The van der Waals surface area contributed by atoms with Crippen molar-refractivity contribution in [2.45, 2.75) is 65.2 Å². The van der Waals surface area contributed by atoms with Crippen LogP contribution in [0, 0.1) is 29.5 Å². The largest absolute Gasteiger partial charge is 0.492 e. The van der Waals surface area contributed by atoms with Crippen LogP contribution in [0.1, 0.15) is 75.6 Å². The SMILES string of the molecule is C=C1CC(C)CC(CCCOc2cc(F)c(C(=O)[C@H]3CCC[C@H]3C)cc2Cl)C1. The summed E-state index contributed by atoms with van der Waals surface area (Å²) in [6.45, 7) is 9.00. The third kappa shape index (κ3) is 5.17. The summed E-state index contributed by atoms with van der Waals surface area (Å²) in [7, 11) is 0. The topological polar surface area (TPSA) is 26.3 Å². The number of Topliss-reactive ketones (excluding diaryl/α,β-unsaturated/α-hetero) is 1. The summed E-state index contributed by atoms with van der Waals surface area (Å²) in [5, 5.41) is 0.315. The summed E-state index contributed by atoms with van der Waals surface area (Å²) in [6.07, 6.45) is 8.37. The molecule has 2 nitrogen and oxygen atoms in total. The molecule has 0 spiro atoms. The molecule has 0 bridgehead atoms. The van der Waals surface area contributed by atoms with Gasteiger partial charge in [0.2, 0.25) is 0 Å². The zero-order valence-electron chi connectivity index (χ0n) is 17.1. The summed E-state index contributed by atoms with van der Waals surface area (Å²) in [5.41, 5.74) is 1.46. The van der Waals surface area contributed by atoms with Crippen molar-refractivity contribution in [3.8, 4) is 5.75 Å². The summed E-state index contributed by atoms with van der Waals surface area (Å²) in [4.78, 5) is 12.7. The minimum Gasteiger partial charge on any atom is -0.492 e. The number of hydrogen-bond acceptors (Lipinski definition) is 2. The van der Waals surface area contributed by atoms with E-state index in [9.17, 15) is 9.18 Å². The quantitative estimate of drug-likeness (QED) is 0.271. The number of carbonyl (C=O) groups is 1. The number of rotatable bonds is 7. The van der Waals surface area contributed by atoms with Gasteiger partial charge in [-0.15, -0.1) is 0 Å². The van der Waals surface area contributed by atoms with Gasteiger partial charge >= 0.3 is 0 Å². The molecule has 2 aliphatic carbocycles. The van der Waals surface area contributed by atoms with Gasteiger partial charge in [0.05, 0.1) is 17.2 Å². The molecule has 0 heterocycles. The summed E-state index contributed by atoms with van der Waals surface area (Å²) in [5.74, 6) is 1.27. The van der Waals surface area contributed by atoms with Crippen molar-refractivity contribution in [3.63, 3.8) is 0 Å². The van der Waals surface area contributed by atoms with Gasteiger partial charge in [-0.1, -0.05) is 44.0 Å². The van der Waals surface area contributed by atoms with Crippen LogP contribution >= 0.6 is 11.6 Å². The second-order valence-electron chi connectivity index (χ2n) is 9.00. The van der Waals surface area contributed by atoms with Gasteiger partial charge in [-0.3, -0.25) is 4.79 Å². The van der Waals surface area contributed by atoms with Gasteiger partial charge in [0.1, 0.15) is 11.6 Å². The fourth-order valence-electron chi connectivity index (χ4n) is 5.06. The van der Waals surface area contributed by atoms with Gasteiger partial charge in [0.15, 0.2) is 5.78 Å². The average Bonchev–Trinajstić information content (AvgIpc) is 3.05. The van der Waals surface area contributed by atoms with E-state index in [1.165, 1.54) is 24.1 Å². The molecule has 2 aliphatic rings. The molecule has 2 unspecified atom stereocenters. The van der Waals surface area contributed by atoms with Crippen molar-refractivity contribution in [1.29, 1.82) is 0 Å². The molecule has 1 aromatic carbocycles. The first-order valence-electron chi connectivity index (χ1n) is 10.7. The highest BCUT2D eigenvalue weighted by Gasteiger charge is 2.32. The molecule has 28 heavy (non-hydrogen) atoms. The highest BCUT2D eigenvalue weighted by molar-refractivity contribution is 6.32. The molecule has 4 heteroatoms. The zero-order chi connectivity index (χ0) is 20.3. The molecular formula is C24H32ClFO2. The lowest BCUT2D eigenvalue weighted by Gasteiger charge is -2.28. The molecule has 0 saturated heterocycles. The Morgan fingerprint density at radius 1 is 1.29 bits per heavy atom. The summed E-state index contributed by atoms with van der Waals surface area (Å²) < 4.78 is 20.3. The molecule has 0 radical (unpaired) electrons. The van der Waals surface area contributed by atoms with E-state index >= 15 is 0 Å². The van der Waals surface area contributed by atoms with Crippen LogP contribution in [-0.4, -0.2) is 12.4 Å². The van der Waals surface area contributed by atoms with Crippen molar-refractivity contribution >= 4 is 17.4 Å². The van der Waals surface area contributed by atoms with E-state index in [1.54, 1.807) is 0 Å². The van der Waals surface area contributed by atoms with Crippen molar-refractivity contribution < 1.29 is 13.9 Å². The normalized spacial score (nSPS) is 27.8. The Hall–Kier alpha value is -1.35. The fourth-order valence-corrected chi connectivity index (χ4v) is 5.28. The van der Waals surface area contributed by atoms with Crippen LogP contribution in [0.2, 0.25) is 5.02 Å². The number of hydrogen-bond donors (Lipinski definition) is 0.